The van der Waals surface area contributed by atoms with E-state index < -0.39 is 0 Å². The maximum Gasteiger partial charge on any atom is 0.258 e. The van der Waals surface area contributed by atoms with Crippen molar-refractivity contribution in [2.24, 2.45) is 0 Å². The summed E-state index contributed by atoms with van der Waals surface area (Å²) in [6.07, 6.45) is 0.862. The Balaban J connectivity index is 1.77. The second kappa shape index (κ2) is 6.89. The number of carbonyl (C=O) groups is 1. The van der Waals surface area contributed by atoms with E-state index in [1.807, 2.05) is 63.2 Å². The fourth-order valence-corrected chi connectivity index (χ4v) is 2.28. The number of rotatable bonds is 5. The van der Waals surface area contributed by atoms with E-state index in [-0.39, 0.29) is 11.4 Å². The fourth-order valence-electron chi connectivity index (χ4n) is 2.28. The quantitative estimate of drug-likeness (QED) is 0.754. The average Bonchev–Trinajstić information content (AvgIpc) is 3.12. The second-order valence-corrected chi connectivity index (χ2v) is 6.56. The molecule has 3 rings (SSSR count). The van der Waals surface area contributed by atoms with Gasteiger partial charge in [0, 0.05) is 22.2 Å². The first kappa shape index (κ1) is 16.9. The Morgan fingerprint density at radius 3 is 2.36 bits per heavy atom. The van der Waals surface area contributed by atoms with Gasteiger partial charge < -0.3 is 9.84 Å². The van der Waals surface area contributed by atoms with Crippen molar-refractivity contribution in [1.29, 1.82) is 0 Å². The number of benzene rings is 2. The third kappa shape index (κ3) is 3.94. The first-order valence-electron chi connectivity index (χ1n) is 8.30. The third-order valence-corrected chi connectivity index (χ3v) is 4.19. The Morgan fingerprint density at radius 1 is 1.04 bits per heavy atom. The number of nitrogens with one attached hydrogen (secondary N) is 1. The molecule has 1 amide bonds. The number of hydrogen-bond acceptors (Lipinski definition) is 4. The molecule has 0 aliphatic rings. The van der Waals surface area contributed by atoms with Gasteiger partial charge in [-0.15, -0.1) is 0 Å². The lowest BCUT2D eigenvalue weighted by atomic mass is 10.0. The van der Waals surface area contributed by atoms with Gasteiger partial charge in [-0.1, -0.05) is 42.4 Å². The van der Waals surface area contributed by atoms with Crippen LogP contribution in [0.5, 0.6) is 0 Å². The molecule has 0 spiro atoms. The molecule has 2 aromatic carbocycles. The summed E-state index contributed by atoms with van der Waals surface area (Å²) >= 11 is 0. The van der Waals surface area contributed by atoms with Crippen LogP contribution in [0.4, 0.5) is 0 Å². The van der Waals surface area contributed by atoms with Gasteiger partial charge in [0.25, 0.3) is 11.8 Å². The Labute approximate surface area is 147 Å². The molecule has 0 saturated heterocycles. The summed E-state index contributed by atoms with van der Waals surface area (Å²) in [6.45, 7) is 6.05. The summed E-state index contributed by atoms with van der Waals surface area (Å²) < 4.78 is 5.34. The summed E-state index contributed by atoms with van der Waals surface area (Å²) in [6, 6.07) is 16.8. The van der Waals surface area contributed by atoms with E-state index in [9.17, 15) is 4.79 Å². The molecule has 128 valence electrons. The fraction of sp³-hybridized carbons (Fsp3) is 0.250. The van der Waals surface area contributed by atoms with Crippen molar-refractivity contribution in [1.82, 2.24) is 15.5 Å². The topological polar surface area (TPSA) is 68.0 Å². The summed E-state index contributed by atoms with van der Waals surface area (Å²) in [4.78, 5) is 16.7. The zero-order valence-electron chi connectivity index (χ0n) is 14.6. The molecule has 5 heteroatoms. The first-order chi connectivity index (χ1) is 12.0. The van der Waals surface area contributed by atoms with Gasteiger partial charge in [0.15, 0.2) is 0 Å². The number of nitrogens with zero attached hydrogens (tertiary/aromatic N) is 2. The van der Waals surface area contributed by atoms with Crippen LogP contribution in [-0.2, 0) is 0 Å². The van der Waals surface area contributed by atoms with Gasteiger partial charge in [0.1, 0.15) is 0 Å². The lowest BCUT2D eigenvalue weighted by Gasteiger charge is -2.24. The normalized spacial score (nSPS) is 11.3. The van der Waals surface area contributed by atoms with Gasteiger partial charge in [-0.2, -0.15) is 4.98 Å². The molecule has 0 bridgehead atoms. The molecule has 1 aromatic heterocycles. The molecule has 0 aliphatic heterocycles. The van der Waals surface area contributed by atoms with Crippen molar-refractivity contribution in [2.45, 2.75) is 32.7 Å². The zero-order chi connectivity index (χ0) is 17.9. The van der Waals surface area contributed by atoms with Crippen LogP contribution in [0.15, 0.2) is 59.1 Å². The van der Waals surface area contributed by atoms with Crippen LogP contribution in [0.2, 0.25) is 0 Å². The van der Waals surface area contributed by atoms with E-state index in [0.29, 0.717) is 17.3 Å². The van der Waals surface area contributed by atoms with E-state index in [1.54, 1.807) is 12.1 Å². The Bertz CT molecular complexity index is 852. The van der Waals surface area contributed by atoms with E-state index in [0.717, 1.165) is 17.5 Å². The molecule has 3 aromatic rings. The predicted octanol–water partition coefficient (Wildman–Crippen LogP) is 4.32. The summed E-state index contributed by atoms with van der Waals surface area (Å²) in [5.74, 6) is 0.885. The largest absolute Gasteiger partial charge is 0.347 e. The summed E-state index contributed by atoms with van der Waals surface area (Å²) in [7, 11) is 0. The van der Waals surface area contributed by atoms with Crippen molar-refractivity contribution < 1.29 is 9.32 Å². The molecule has 0 unspecified atom stereocenters. The van der Waals surface area contributed by atoms with Crippen LogP contribution < -0.4 is 5.32 Å². The molecular weight excluding hydrogens is 314 g/mol. The van der Waals surface area contributed by atoms with Crippen LogP contribution in [0, 0.1) is 0 Å². The zero-order valence-corrected chi connectivity index (χ0v) is 14.6. The Morgan fingerprint density at radius 2 is 1.72 bits per heavy atom. The van der Waals surface area contributed by atoms with E-state index in [4.69, 9.17) is 4.52 Å². The average molecular weight is 335 g/mol. The molecule has 25 heavy (non-hydrogen) atoms. The molecule has 5 nitrogen and oxygen atoms in total. The second-order valence-electron chi connectivity index (χ2n) is 6.56. The van der Waals surface area contributed by atoms with Crippen LogP contribution in [0.25, 0.3) is 22.8 Å². The molecule has 1 heterocycles. The number of aromatic nitrogens is 2. The van der Waals surface area contributed by atoms with Crippen molar-refractivity contribution in [3.63, 3.8) is 0 Å². The molecule has 0 saturated carbocycles. The van der Waals surface area contributed by atoms with Gasteiger partial charge in [0.05, 0.1) is 0 Å². The Kier molecular flexibility index (Phi) is 4.65. The van der Waals surface area contributed by atoms with Crippen LogP contribution in [0.1, 0.15) is 37.6 Å². The molecular formula is C20H21N3O2. The van der Waals surface area contributed by atoms with Crippen molar-refractivity contribution >= 4 is 5.91 Å². The van der Waals surface area contributed by atoms with Gasteiger partial charge in [0.2, 0.25) is 5.82 Å². The lowest BCUT2D eigenvalue weighted by molar-refractivity contribution is 0.0911. The Hall–Kier alpha value is -2.95. The molecule has 0 fully saturated rings. The molecule has 1 N–H and O–H groups in total. The van der Waals surface area contributed by atoms with Crippen molar-refractivity contribution in [3.8, 4) is 22.8 Å². The highest BCUT2D eigenvalue weighted by Gasteiger charge is 2.19. The van der Waals surface area contributed by atoms with Crippen LogP contribution in [0.3, 0.4) is 0 Å². The summed E-state index contributed by atoms with van der Waals surface area (Å²) in [5.41, 5.74) is 2.05. The SMILES string of the molecule is CCC(C)(C)NC(=O)c1ccc(-c2nc(-c3ccccc3)no2)cc1. The van der Waals surface area contributed by atoms with Gasteiger partial charge in [-0.05, 0) is 44.5 Å². The number of hydrogen-bond donors (Lipinski definition) is 1. The number of carbonyl (C=O) groups excluding carboxylic acids is 1. The highest BCUT2D eigenvalue weighted by Crippen LogP contribution is 2.22. The van der Waals surface area contributed by atoms with E-state index >= 15 is 0 Å². The van der Waals surface area contributed by atoms with Crippen LogP contribution >= 0.6 is 0 Å². The third-order valence-electron chi connectivity index (χ3n) is 4.19. The number of amides is 1. The van der Waals surface area contributed by atoms with Gasteiger partial charge in [-0.3, -0.25) is 4.79 Å². The smallest absolute Gasteiger partial charge is 0.258 e. The minimum Gasteiger partial charge on any atom is -0.347 e. The first-order valence-corrected chi connectivity index (χ1v) is 8.30. The highest BCUT2D eigenvalue weighted by molar-refractivity contribution is 5.95. The maximum atomic E-state index is 12.3. The summed E-state index contributed by atoms with van der Waals surface area (Å²) in [5, 5.41) is 7.03. The van der Waals surface area contributed by atoms with E-state index in [1.165, 1.54) is 0 Å². The molecule has 0 aliphatic carbocycles. The highest BCUT2D eigenvalue weighted by atomic mass is 16.5. The van der Waals surface area contributed by atoms with Gasteiger partial charge >= 0.3 is 0 Å². The van der Waals surface area contributed by atoms with E-state index in [2.05, 4.69) is 15.5 Å². The maximum absolute atomic E-state index is 12.3. The van der Waals surface area contributed by atoms with Crippen molar-refractivity contribution in [2.75, 3.05) is 0 Å². The van der Waals surface area contributed by atoms with Crippen molar-refractivity contribution in [3.05, 3.63) is 60.2 Å². The monoisotopic (exact) mass is 335 g/mol. The van der Waals surface area contributed by atoms with Crippen LogP contribution in [-0.4, -0.2) is 21.6 Å². The molecule has 0 atom stereocenters. The predicted molar refractivity (Wildman–Crippen MR) is 97.0 cm³/mol. The minimum atomic E-state index is -0.229. The standard InChI is InChI=1S/C20H21N3O2/c1-4-20(2,3)22-18(24)15-10-12-16(13-11-15)19-21-17(23-25-19)14-8-6-5-7-9-14/h5-13H,4H2,1-3H3,(H,22,24). The molecule has 0 radical (unpaired) electrons. The van der Waals surface area contributed by atoms with Gasteiger partial charge in [-0.25, -0.2) is 0 Å². The minimum absolute atomic E-state index is 0.0890. The lowest BCUT2D eigenvalue weighted by Crippen LogP contribution is -2.42.